The smallest absolute Gasteiger partial charge is 0.252 e. The van der Waals surface area contributed by atoms with Gasteiger partial charge in [-0.1, -0.05) is 25.0 Å². The Balaban J connectivity index is 1.37. The molecule has 5 nitrogen and oxygen atoms in total. The van der Waals surface area contributed by atoms with Crippen molar-refractivity contribution in [2.75, 3.05) is 13.7 Å². The van der Waals surface area contributed by atoms with E-state index in [9.17, 15) is 4.79 Å². The molecule has 2 aromatic rings. The zero-order valence-electron chi connectivity index (χ0n) is 15.8. The minimum atomic E-state index is -0.0606. The second-order valence-electron chi connectivity index (χ2n) is 7.65. The van der Waals surface area contributed by atoms with E-state index in [0.717, 1.165) is 22.8 Å². The minimum Gasteiger partial charge on any atom is -0.497 e. The van der Waals surface area contributed by atoms with Gasteiger partial charge in [0.2, 0.25) is 0 Å². The molecule has 5 heteroatoms. The third-order valence-electron chi connectivity index (χ3n) is 5.88. The van der Waals surface area contributed by atoms with E-state index in [0.29, 0.717) is 24.2 Å². The summed E-state index contributed by atoms with van der Waals surface area (Å²) < 4.78 is 5.20. The van der Waals surface area contributed by atoms with Crippen molar-refractivity contribution in [1.82, 2.24) is 15.6 Å². The molecule has 0 spiro atoms. The molecule has 1 saturated carbocycles. The third-order valence-corrected chi connectivity index (χ3v) is 5.88. The Morgan fingerprint density at radius 3 is 2.78 bits per heavy atom. The standard InChI is InChI=1S/C22H27N3O2/c1-27-20-8-6-15(7-9-20)17-10-18(13-23-12-17)22(26)24-14-19-11-16-4-2-3-5-21(16)25-19/h6-10,12-13,16,19,21,25H,2-5,11,14H2,1H3,(H,24,26)/t16-,19-,21-/m0/s1. The van der Waals surface area contributed by atoms with Gasteiger partial charge in [-0.3, -0.25) is 9.78 Å². The van der Waals surface area contributed by atoms with Gasteiger partial charge in [0.25, 0.3) is 5.91 Å². The summed E-state index contributed by atoms with van der Waals surface area (Å²) in [6.45, 7) is 0.679. The van der Waals surface area contributed by atoms with E-state index in [-0.39, 0.29) is 5.91 Å². The number of ether oxygens (including phenoxy) is 1. The van der Waals surface area contributed by atoms with Crippen LogP contribution in [0.15, 0.2) is 42.7 Å². The van der Waals surface area contributed by atoms with Crippen molar-refractivity contribution in [1.29, 1.82) is 0 Å². The molecule has 0 bridgehead atoms. The molecule has 1 aromatic heterocycles. The normalized spacial score (nSPS) is 24.3. The van der Waals surface area contributed by atoms with Crippen molar-refractivity contribution < 1.29 is 9.53 Å². The average molecular weight is 365 g/mol. The van der Waals surface area contributed by atoms with Crippen molar-refractivity contribution in [3.63, 3.8) is 0 Å². The van der Waals surface area contributed by atoms with Gasteiger partial charge in [-0.05, 0) is 48.9 Å². The quantitative estimate of drug-likeness (QED) is 0.852. The van der Waals surface area contributed by atoms with Crippen LogP contribution in [0.2, 0.25) is 0 Å². The van der Waals surface area contributed by atoms with Crippen LogP contribution in [0, 0.1) is 5.92 Å². The Labute approximate surface area is 160 Å². The van der Waals surface area contributed by atoms with Gasteiger partial charge in [0.05, 0.1) is 12.7 Å². The molecule has 27 heavy (non-hydrogen) atoms. The molecule has 2 N–H and O–H groups in total. The van der Waals surface area contributed by atoms with Crippen molar-refractivity contribution in [2.45, 2.75) is 44.2 Å². The molecular weight excluding hydrogens is 338 g/mol. The predicted molar refractivity (Wildman–Crippen MR) is 106 cm³/mol. The number of benzene rings is 1. The van der Waals surface area contributed by atoms with Crippen molar-refractivity contribution >= 4 is 5.91 Å². The summed E-state index contributed by atoms with van der Waals surface area (Å²) >= 11 is 0. The number of amides is 1. The van der Waals surface area contributed by atoms with Crippen LogP contribution in [0.5, 0.6) is 5.75 Å². The van der Waals surface area contributed by atoms with Crippen LogP contribution in [0.1, 0.15) is 42.5 Å². The maximum Gasteiger partial charge on any atom is 0.252 e. The molecule has 1 aliphatic heterocycles. The number of methoxy groups -OCH3 is 1. The Kier molecular flexibility index (Phi) is 5.39. The van der Waals surface area contributed by atoms with Gasteiger partial charge < -0.3 is 15.4 Å². The second kappa shape index (κ2) is 8.09. The first kappa shape index (κ1) is 18.0. The number of hydrogen-bond donors (Lipinski definition) is 2. The van der Waals surface area contributed by atoms with E-state index in [1.807, 2.05) is 30.3 Å². The molecule has 1 aliphatic carbocycles. The lowest BCUT2D eigenvalue weighted by Gasteiger charge is -2.24. The highest BCUT2D eigenvalue weighted by Gasteiger charge is 2.34. The molecule has 1 saturated heterocycles. The maximum absolute atomic E-state index is 12.6. The molecule has 1 amide bonds. The summed E-state index contributed by atoms with van der Waals surface area (Å²) in [6, 6.07) is 10.7. The van der Waals surface area contributed by atoms with Crippen LogP contribution in [0.25, 0.3) is 11.1 Å². The van der Waals surface area contributed by atoms with E-state index >= 15 is 0 Å². The number of rotatable bonds is 5. The van der Waals surface area contributed by atoms with Crippen LogP contribution in [0.3, 0.4) is 0 Å². The number of carbonyl (C=O) groups excluding carboxylic acids is 1. The number of hydrogen-bond acceptors (Lipinski definition) is 4. The van der Waals surface area contributed by atoms with Crippen LogP contribution in [-0.4, -0.2) is 36.6 Å². The minimum absolute atomic E-state index is 0.0606. The van der Waals surface area contributed by atoms with Gasteiger partial charge in [-0.25, -0.2) is 0 Å². The predicted octanol–water partition coefficient (Wildman–Crippen LogP) is 3.41. The zero-order chi connectivity index (χ0) is 18.6. The number of pyridine rings is 1. The summed E-state index contributed by atoms with van der Waals surface area (Å²) in [4.78, 5) is 16.9. The van der Waals surface area contributed by atoms with Crippen molar-refractivity contribution in [3.8, 4) is 16.9 Å². The third kappa shape index (κ3) is 4.14. The molecule has 3 atom stereocenters. The topological polar surface area (TPSA) is 63.2 Å². The first-order valence-electron chi connectivity index (χ1n) is 9.86. The van der Waals surface area contributed by atoms with Crippen LogP contribution >= 0.6 is 0 Å². The summed E-state index contributed by atoms with van der Waals surface area (Å²) in [5.41, 5.74) is 2.54. The first-order chi connectivity index (χ1) is 13.2. The summed E-state index contributed by atoms with van der Waals surface area (Å²) in [6.07, 6.45) is 9.88. The Morgan fingerprint density at radius 2 is 2.00 bits per heavy atom. The number of carbonyl (C=O) groups is 1. The Morgan fingerprint density at radius 1 is 1.19 bits per heavy atom. The van der Waals surface area contributed by atoms with Crippen molar-refractivity contribution in [2.24, 2.45) is 5.92 Å². The van der Waals surface area contributed by atoms with E-state index in [1.54, 1.807) is 19.5 Å². The van der Waals surface area contributed by atoms with Gasteiger partial charge in [0.1, 0.15) is 5.75 Å². The number of fused-ring (bicyclic) bond motifs is 1. The average Bonchev–Trinajstić information content (AvgIpc) is 3.15. The fourth-order valence-corrected chi connectivity index (χ4v) is 4.41. The highest BCUT2D eigenvalue weighted by molar-refractivity contribution is 5.95. The summed E-state index contributed by atoms with van der Waals surface area (Å²) in [5, 5.41) is 6.79. The fourth-order valence-electron chi connectivity index (χ4n) is 4.41. The second-order valence-corrected chi connectivity index (χ2v) is 7.65. The van der Waals surface area contributed by atoms with Gasteiger partial charge in [-0.15, -0.1) is 0 Å². The maximum atomic E-state index is 12.6. The molecule has 2 heterocycles. The SMILES string of the molecule is COc1ccc(-c2cncc(C(=O)NC[C@@H]3C[C@@H]4CCCC[C@@H]4N3)c2)cc1. The number of aromatic nitrogens is 1. The van der Waals surface area contributed by atoms with Gasteiger partial charge in [0, 0.05) is 36.6 Å². The van der Waals surface area contributed by atoms with E-state index < -0.39 is 0 Å². The van der Waals surface area contributed by atoms with Crippen LogP contribution in [0.4, 0.5) is 0 Å². The van der Waals surface area contributed by atoms with E-state index in [2.05, 4.69) is 15.6 Å². The fraction of sp³-hybridized carbons (Fsp3) is 0.455. The van der Waals surface area contributed by atoms with E-state index in [4.69, 9.17) is 4.74 Å². The Hall–Kier alpha value is -2.40. The largest absolute Gasteiger partial charge is 0.497 e. The lowest BCUT2D eigenvalue weighted by atomic mass is 9.85. The van der Waals surface area contributed by atoms with E-state index in [1.165, 1.54) is 32.1 Å². The molecule has 1 aromatic carbocycles. The summed E-state index contributed by atoms with van der Waals surface area (Å²) in [7, 11) is 1.65. The lowest BCUT2D eigenvalue weighted by Crippen LogP contribution is -2.40. The molecular formula is C22H27N3O2. The van der Waals surface area contributed by atoms with Crippen molar-refractivity contribution in [3.05, 3.63) is 48.3 Å². The summed E-state index contributed by atoms with van der Waals surface area (Å²) in [5.74, 6) is 1.54. The first-order valence-corrected chi connectivity index (χ1v) is 9.86. The molecule has 142 valence electrons. The van der Waals surface area contributed by atoms with Gasteiger partial charge >= 0.3 is 0 Å². The molecule has 2 aliphatic rings. The molecule has 2 fully saturated rings. The highest BCUT2D eigenvalue weighted by Crippen LogP contribution is 2.33. The lowest BCUT2D eigenvalue weighted by molar-refractivity contribution is 0.0949. The number of nitrogens with zero attached hydrogens (tertiary/aromatic N) is 1. The molecule has 0 unspecified atom stereocenters. The van der Waals surface area contributed by atoms with Gasteiger partial charge in [-0.2, -0.15) is 0 Å². The number of nitrogens with one attached hydrogen (secondary N) is 2. The highest BCUT2D eigenvalue weighted by atomic mass is 16.5. The Bertz CT molecular complexity index is 776. The molecule has 4 rings (SSSR count). The monoisotopic (exact) mass is 365 g/mol. The molecule has 0 radical (unpaired) electrons. The zero-order valence-corrected chi connectivity index (χ0v) is 15.8. The van der Waals surface area contributed by atoms with Crippen LogP contribution < -0.4 is 15.4 Å². The van der Waals surface area contributed by atoms with Crippen LogP contribution in [-0.2, 0) is 0 Å². The van der Waals surface area contributed by atoms with Gasteiger partial charge in [0.15, 0.2) is 0 Å².